The summed E-state index contributed by atoms with van der Waals surface area (Å²) in [5.41, 5.74) is 0.895. The van der Waals surface area contributed by atoms with E-state index in [1.165, 1.54) is 31.4 Å². The predicted molar refractivity (Wildman–Crippen MR) is 86.6 cm³/mol. The Morgan fingerprint density at radius 3 is 2.67 bits per heavy atom. The van der Waals surface area contributed by atoms with Gasteiger partial charge in [-0.1, -0.05) is 6.07 Å². The molecule has 24 heavy (non-hydrogen) atoms. The zero-order chi connectivity index (χ0) is 17.1. The fourth-order valence-electron chi connectivity index (χ4n) is 2.18. The number of carbonyl (C=O) groups excluding carboxylic acids is 1. The number of fused-ring (bicyclic) bond motifs is 1. The molecule has 0 spiro atoms. The minimum atomic E-state index is -0.434. The Labute approximate surface area is 137 Å². The smallest absolute Gasteiger partial charge is 0.248 e. The highest BCUT2D eigenvalue weighted by molar-refractivity contribution is 6.03. The average Bonchev–Trinajstić information content (AvgIpc) is 3.01. The maximum atomic E-state index is 12.0. The highest BCUT2D eigenvalue weighted by Crippen LogP contribution is 2.40. The van der Waals surface area contributed by atoms with Gasteiger partial charge >= 0.3 is 0 Å². The quantitative estimate of drug-likeness (QED) is 0.589. The van der Waals surface area contributed by atoms with Crippen molar-refractivity contribution >= 4 is 17.7 Å². The number of carbonyl (C=O) groups is 1. The van der Waals surface area contributed by atoms with Crippen LogP contribution >= 0.6 is 0 Å². The normalized spacial score (nSPS) is 12.4. The topological polar surface area (TPSA) is 97.3 Å². The molecule has 1 aliphatic heterocycles. The molecule has 0 fully saturated rings. The van der Waals surface area contributed by atoms with Crippen LogP contribution in [0.2, 0.25) is 0 Å². The lowest BCUT2D eigenvalue weighted by Gasteiger charge is -2.07. The van der Waals surface area contributed by atoms with Crippen LogP contribution < -0.4 is 19.5 Å². The molecule has 0 bridgehead atoms. The molecule has 0 radical (unpaired) electrons. The van der Waals surface area contributed by atoms with Gasteiger partial charge in [0.25, 0.3) is 0 Å². The van der Waals surface area contributed by atoms with E-state index in [1.807, 2.05) is 0 Å². The van der Waals surface area contributed by atoms with Gasteiger partial charge in [0.2, 0.25) is 12.7 Å². The molecule has 0 atom stereocenters. The molecule has 7 nitrogen and oxygen atoms in total. The van der Waals surface area contributed by atoms with Gasteiger partial charge in [-0.25, -0.2) is 0 Å². The van der Waals surface area contributed by atoms with Gasteiger partial charge in [0.05, 0.1) is 12.8 Å². The molecule has 3 rings (SSSR count). The number of rotatable bonds is 4. The Morgan fingerprint density at radius 2 is 1.92 bits per heavy atom. The van der Waals surface area contributed by atoms with Crippen molar-refractivity contribution in [2.24, 2.45) is 0 Å². The second-order valence-electron chi connectivity index (χ2n) is 4.98. The molecule has 0 saturated carbocycles. The second-order valence-corrected chi connectivity index (χ2v) is 4.98. The van der Waals surface area contributed by atoms with E-state index >= 15 is 0 Å². The van der Waals surface area contributed by atoms with Crippen molar-refractivity contribution in [2.75, 3.05) is 19.2 Å². The molecule has 0 unspecified atom stereocenters. The van der Waals surface area contributed by atoms with E-state index in [2.05, 4.69) is 5.32 Å². The SMILES string of the molecule is COc1cc(C=CC(=O)Nc2cc3c(cc2O)OCO3)ccc1O. The minimum Gasteiger partial charge on any atom is -0.506 e. The van der Waals surface area contributed by atoms with Crippen molar-refractivity contribution in [3.63, 3.8) is 0 Å². The highest BCUT2D eigenvalue weighted by Gasteiger charge is 2.17. The number of nitrogens with one attached hydrogen (secondary N) is 1. The fourth-order valence-corrected chi connectivity index (χ4v) is 2.18. The van der Waals surface area contributed by atoms with Gasteiger partial charge in [-0.3, -0.25) is 4.79 Å². The zero-order valence-electron chi connectivity index (χ0n) is 12.8. The first-order valence-electron chi connectivity index (χ1n) is 7.05. The van der Waals surface area contributed by atoms with E-state index in [0.717, 1.165) is 0 Å². The monoisotopic (exact) mass is 329 g/mol. The molecule has 2 aromatic carbocycles. The number of phenols is 2. The summed E-state index contributed by atoms with van der Waals surface area (Å²) in [7, 11) is 1.44. The van der Waals surface area contributed by atoms with E-state index in [0.29, 0.717) is 22.8 Å². The van der Waals surface area contributed by atoms with Crippen molar-refractivity contribution in [3.8, 4) is 28.7 Å². The predicted octanol–water partition coefficient (Wildman–Crippen LogP) is 2.49. The molecule has 3 N–H and O–H groups in total. The molecule has 7 heteroatoms. The van der Waals surface area contributed by atoms with Gasteiger partial charge in [0.15, 0.2) is 23.0 Å². The number of anilines is 1. The Kier molecular flexibility index (Phi) is 4.15. The summed E-state index contributed by atoms with van der Waals surface area (Å²) in [4.78, 5) is 12.0. The van der Waals surface area contributed by atoms with E-state index in [-0.39, 0.29) is 24.0 Å². The van der Waals surface area contributed by atoms with E-state index in [1.54, 1.807) is 18.2 Å². The van der Waals surface area contributed by atoms with E-state index < -0.39 is 5.91 Å². The minimum absolute atomic E-state index is 0.0179. The number of amides is 1. The molecule has 2 aromatic rings. The highest BCUT2D eigenvalue weighted by atomic mass is 16.7. The van der Waals surface area contributed by atoms with Crippen molar-refractivity contribution < 1.29 is 29.2 Å². The van der Waals surface area contributed by atoms with Crippen LogP contribution in [-0.2, 0) is 4.79 Å². The third-order valence-electron chi connectivity index (χ3n) is 3.38. The van der Waals surface area contributed by atoms with Crippen molar-refractivity contribution in [1.29, 1.82) is 0 Å². The first kappa shape index (κ1) is 15.5. The van der Waals surface area contributed by atoms with Gasteiger partial charge in [0, 0.05) is 18.2 Å². The molecule has 0 aliphatic carbocycles. The molecule has 0 saturated heterocycles. The van der Waals surface area contributed by atoms with Gasteiger partial charge < -0.3 is 29.7 Å². The Morgan fingerprint density at radius 1 is 1.17 bits per heavy atom. The zero-order valence-corrected chi connectivity index (χ0v) is 12.8. The average molecular weight is 329 g/mol. The van der Waals surface area contributed by atoms with E-state index in [4.69, 9.17) is 14.2 Å². The number of aromatic hydroxyl groups is 2. The largest absolute Gasteiger partial charge is 0.506 e. The Bertz CT molecular complexity index is 815. The van der Waals surface area contributed by atoms with Crippen LogP contribution in [-0.4, -0.2) is 30.0 Å². The number of benzene rings is 2. The van der Waals surface area contributed by atoms with Crippen LogP contribution in [0.5, 0.6) is 28.7 Å². The standard InChI is InChI=1S/C17H15NO6/c1-22-14-6-10(2-4-12(14)19)3-5-17(21)18-11-7-15-16(8-13(11)20)24-9-23-15/h2-8,19-20H,9H2,1H3,(H,18,21). The molecular weight excluding hydrogens is 314 g/mol. The maximum Gasteiger partial charge on any atom is 0.248 e. The maximum absolute atomic E-state index is 12.0. The van der Waals surface area contributed by atoms with Crippen LogP contribution in [0.4, 0.5) is 5.69 Å². The summed E-state index contributed by atoms with van der Waals surface area (Å²) in [6, 6.07) is 7.58. The number of phenolic OH excluding ortho intramolecular Hbond substituents is 2. The molecular formula is C17H15NO6. The second kappa shape index (κ2) is 6.41. The van der Waals surface area contributed by atoms with E-state index in [9.17, 15) is 15.0 Å². The number of hydrogen-bond donors (Lipinski definition) is 3. The van der Waals surface area contributed by atoms with Crippen molar-refractivity contribution in [3.05, 3.63) is 42.0 Å². The third kappa shape index (κ3) is 3.19. The summed E-state index contributed by atoms with van der Waals surface area (Å²) in [5, 5.41) is 22.0. The summed E-state index contributed by atoms with van der Waals surface area (Å²) in [5.74, 6) is 0.659. The van der Waals surface area contributed by atoms with Crippen LogP contribution in [0, 0.1) is 0 Å². The Hall–Kier alpha value is -3.35. The third-order valence-corrected chi connectivity index (χ3v) is 3.38. The fraction of sp³-hybridized carbons (Fsp3) is 0.118. The Balaban J connectivity index is 1.72. The summed E-state index contributed by atoms with van der Waals surface area (Å²) in [6.45, 7) is 0.0781. The van der Waals surface area contributed by atoms with Crippen LogP contribution in [0.25, 0.3) is 6.08 Å². The molecule has 1 heterocycles. The first-order valence-corrected chi connectivity index (χ1v) is 7.05. The number of ether oxygens (including phenoxy) is 3. The first-order chi connectivity index (χ1) is 11.6. The summed E-state index contributed by atoms with van der Waals surface area (Å²) < 4.78 is 15.3. The lowest BCUT2D eigenvalue weighted by Crippen LogP contribution is -2.07. The van der Waals surface area contributed by atoms with Gasteiger partial charge in [-0.05, 0) is 23.8 Å². The van der Waals surface area contributed by atoms with Crippen LogP contribution in [0.1, 0.15) is 5.56 Å². The van der Waals surface area contributed by atoms with Gasteiger partial charge in [-0.2, -0.15) is 0 Å². The summed E-state index contributed by atoms with van der Waals surface area (Å²) >= 11 is 0. The van der Waals surface area contributed by atoms with Crippen LogP contribution in [0.3, 0.4) is 0 Å². The molecule has 1 amide bonds. The number of hydrogen-bond acceptors (Lipinski definition) is 6. The van der Waals surface area contributed by atoms with Gasteiger partial charge in [0.1, 0.15) is 5.75 Å². The molecule has 1 aliphatic rings. The molecule has 0 aromatic heterocycles. The van der Waals surface area contributed by atoms with Crippen LogP contribution in [0.15, 0.2) is 36.4 Å². The molecule has 124 valence electrons. The lowest BCUT2D eigenvalue weighted by atomic mass is 10.2. The van der Waals surface area contributed by atoms with Gasteiger partial charge in [-0.15, -0.1) is 0 Å². The summed E-state index contributed by atoms with van der Waals surface area (Å²) in [6.07, 6.45) is 2.86. The number of methoxy groups -OCH3 is 1. The lowest BCUT2D eigenvalue weighted by molar-refractivity contribution is -0.111. The van der Waals surface area contributed by atoms with Crippen molar-refractivity contribution in [2.45, 2.75) is 0 Å². The van der Waals surface area contributed by atoms with Crippen molar-refractivity contribution in [1.82, 2.24) is 0 Å².